The largest absolute Gasteiger partial charge is 0.465 e. The smallest absolute Gasteiger partial charge is 0.325 e. The zero-order valence-corrected chi connectivity index (χ0v) is 18.5. The van der Waals surface area contributed by atoms with Crippen molar-refractivity contribution in [3.05, 3.63) is 35.9 Å². The van der Waals surface area contributed by atoms with Gasteiger partial charge < -0.3 is 14.2 Å². The molecule has 2 rings (SSSR count). The number of halogens is 1. The first-order valence-electron chi connectivity index (χ1n) is 10.00. The summed E-state index contributed by atoms with van der Waals surface area (Å²) in [5, 5.41) is 0. The molecule has 0 bridgehead atoms. The Balaban J connectivity index is 1.90. The van der Waals surface area contributed by atoms with E-state index in [-0.39, 0.29) is 24.3 Å². The third kappa shape index (κ3) is 6.88. The molecule has 0 amide bonds. The summed E-state index contributed by atoms with van der Waals surface area (Å²) in [6.45, 7) is 9.09. The summed E-state index contributed by atoms with van der Waals surface area (Å²) in [4.78, 5) is 12.2. The van der Waals surface area contributed by atoms with Crippen LogP contribution in [0.5, 0.6) is 0 Å². The maximum Gasteiger partial charge on any atom is 0.325 e. The van der Waals surface area contributed by atoms with E-state index in [0.717, 1.165) is 25.7 Å². The molecule has 1 aromatic carbocycles. The maximum absolute atomic E-state index is 12.2. The molecule has 1 aromatic rings. The van der Waals surface area contributed by atoms with E-state index in [1.807, 2.05) is 32.0 Å². The second-order valence-electron chi connectivity index (χ2n) is 7.90. The number of hydrogen-bond acceptors (Lipinski definition) is 4. The van der Waals surface area contributed by atoms with E-state index in [1.54, 1.807) is 0 Å². The lowest BCUT2D eigenvalue weighted by Crippen LogP contribution is -2.42. The topological polar surface area (TPSA) is 44.8 Å². The van der Waals surface area contributed by atoms with Gasteiger partial charge in [-0.05, 0) is 51.0 Å². The van der Waals surface area contributed by atoms with E-state index < -0.39 is 4.32 Å². The van der Waals surface area contributed by atoms with Crippen LogP contribution >= 0.6 is 15.9 Å². The van der Waals surface area contributed by atoms with Gasteiger partial charge in [-0.15, -0.1) is 0 Å². The molecule has 1 fully saturated rings. The van der Waals surface area contributed by atoms with Crippen LogP contribution in [0.25, 0.3) is 0 Å². The molecule has 0 aliphatic carbocycles. The van der Waals surface area contributed by atoms with Crippen LogP contribution in [0.15, 0.2) is 30.3 Å². The van der Waals surface area contributed by atoms with Gasteiger partial charge in [-0.25, -0.2) is 0 Å². The lowest BCUT2D eigenvalue weighted by molar-refractivity contribution is -0.149. The molecule has 0 spiro atoms. The zero-order valence-electron chi connectivity index (χ0n) is 16.9. The van der Waals surface area contributed by atoms with Gasteiger partial charge in [-0.2, -0.15) is 0 Å². The van der Waals surface area contributed by atoms with E-state index in [9.17, 15) is 4.79 Å². The Morgan fingerprint density at radius 3 is 2.63 bits per heavy atom. The third-order valence-corrected chi connectivity index (χ3v) is 5.81. The second-order valence-corrected chi connectivity index (χ2v) is 9.55. The minimum absolute atomic E-state index is 0.112. The Hall–Kier alpha value is -0.910. The van der Waals surface area contributed by atoms with Gasteiger partial charge >= 0.3 is 5.97 Å². The molecule has 0 saturated carbocycles. The summed E-state index contributed by atoms with van der Waals surface area (Å²) in [5.41, 5.74) is 1.19. The molecule has 0 unspecified atom stereocenters. The molecule has 27 heavy (non-hydrogen) atoms. The highest BCUT2D eigenvalue weighted by atomic mass is 79.9. The number of alkyl halides is 1. The van der Waals surface area contributed by atoms with Crippen LogP contribution in [0.4, 0.5) is 0 Å². The van der Waals surface area contributed by atoms with Crippen LogP contribution in [0.2, 0.25) is 0 Å². The Morgan fingerprint density at radius 2 is 2.00 bits per heavy atom. The van der Waals surface area contributed by atoms with Gasteiger partial charge in [0.1, 0.15) is 4.32 Å². The SMILES string of the molecule is CCOC(=O)[C@@](C)(Br)[C@@H]1CC[C@H](C[C@@H](CC(C)C)OCc2ccccc2)O1. The summed E-state index contributed by atoms with van der Waals surface area (Å²) in [6.07, 6.45) is 3.73. The number of hydrogen-bond donors (Lipinski definition) is 0. The van der Waals surface area contributed by atoms with Crippen molar-refractivity contribution in [3.63, 3.8) is 0 Å². The first kappa shape index (κ1) is 22.4. The van der Waals surface area contributed by atoms with Crippen molar-refractivity contribution in [2.24, 2.45) is 5.92 Å². The van der Waals surface area contributed by atoms with Gasteiger partial charge in [-0.3, -0.25) is 4.79 Å². The van der Waals surface area contributed by atoms with Crippen LogP contribution in [-0.4, -0.2) is 35.2 Å². The second kappa shape index (κ2) is 10.6. The molecule has 0 N–H and O–H groups in total. The Kier molecular flexibility index (Phi) is 8.77. The summed E-state index contributed by atoms with van der Waals surface area (Å²) < 4.78 is 16.8. The fourth-order valence-electron chi connectivity index (χ4n) is 3.52. The number of rotatable bonds is 10. The average molecular weight is 441 g/mol. The van der Waals surface area contributed by atoms with E-state index >= 15 is 0 Å². The number of ether oxygens (including phenoxy) is 3. The Labute approximate surface area is 172 Å². The van der Waals surface area contributed by atoms with E-state index in [1.165, 1.54) is 5.56 Å². The highest BCUT2D eigenvalue weighted by Gasteiger charge is 2.45. The molecule has 0 radical (unpaired) electrons. The predicted molar refractivity (Wildman–Crippen MR) is 111 cm³/mol. The maximum atomic E-state index is 12.2. The lowest BCUT2D eigenvalue weighted by Gasteiger charge is -2.28. The Morgan fingerprint density at radius 1 is 1.30 bits per heavy atom. The van der Waals surface area contributed by atoms with Gasteiger partial charge in [0.15, 0.2) is 0 Å². The monoisotopic (exact) mass is 440 g/mol. The van der Waals surface area contributed by atoms with Crippen LogP contribution in [-0.2, 0) is 25.6 Å². The van der Waals surface area contributed by atoms with Crippen molar-refractivity contribution in [1.29, 1.82) is 0 Å². The predicted octanol–water partition coefficient (Wildman–Crippen LogP) is 5.27. The summed E-state index contributed by atoms with van der Waals surface area (Å²) >= 11 is 3.54. The van der Waals surface area contributed by atoms with Gasteiger partial charge in [0, 0.05) is 0 Å². The molecule has 1 aliphatic rings. The van der Waals surface area contributed by atoms with Crippen LogP contribution in [0, 0.1) is 5.92 Å². The normalized spacial score (nSPS) is 23.2. The van der Waals surface area contributed by atoms with Crippen LogP contribution < -0.4 is 0 Å². The highest BCUT2D eigenvalue weighted by Crippen LogP contribution is 2.37. The molecule has 1 heterocycles. The minimum atomic E-state index is -0.795. The molecule has 4 nitrogen and oxygen atoms in total. The quantitative estimate of drug-likeness (QED) is 0.367. The molecule has 4 atom stereocenters. The number of benzene rings is 1. The number of carbonyl (C=O) groups is 1. The molecular weight excluding hydrogens is 408 g/mol. The van der Waals surface area contributed by atoms with Crippen molar-refractivity contribution in [2.45, 2.75) is 82.6 Å². The minimum Gasteiger partial charge on any atom is -0.465 e. The fourth-order valence-corrected chi connectivity index (χ4v) is 3.97. The molecule has 1 saturated heterocycles. The van der Waals surface area contributed by atoms with Gasteiger partial charge in [0.05, 0.1) is 31.5 Å². The average Bonchev–Trinajstić information content (AvgIpc) is 3.09. The highest BCUT2D eigenvalue weighted by molar-refractivity contribution is 9.10. The van der Waals surface area contributed by atoms with Gasteiger partial charge in [-0.1, -0.05) is 60.1 Å². The standard InChI is InChI=1S/C22H33BrO4/c1-5-25-21(24)22(4,23)20-12-11-18(27-20)14-19(13-16(2)3)26-15-17-9-7-6-8-10-17/h6-10,16,18-20H,5,11-15H2,1-4H3/t18-,19-,20+,22+/m1/s1. The summed E-state index contributed by atoms with van der Waals surface area (Å²) in [6, 6.07) is 10.3. The van der Waals surface area contributed by atoms with Crippen LogP contribution in [0.1, 0.15) is 58.9 Å². The van der Waals surface area contributed by atoms with Crippen molar-refractivity contribution in [2.75, 3.05) is 6.61 Å². The van der Waals surface area contributed by atoms with E-state index in [2.05, 4.69) is 41.9 Å². The first-order chi connectivity index (χ1) is 12.8. The molecule has 152 valence electrons. The van der Waals surface area contributed by atoms with Crippen molar-refractivity contribution in [3.8, 4) is 0 Å². The van der Waals surface area contributed by atoms with Crippen molar-refractivity contribution >= 4 is 21.9 Å². The van der Waals surface area contributed by atoms with Crippen molar-refractivity contribution < 1.29 is 19.0 Å². The van der Waals surface area contributed by atoms with E-state index in [4.69, 9.17) is 14.2 Å². The summed E-state index contributed by atoms with van der Waals surface area (Å²) in [5.74, 6) is 0.304. The van der Waals surface area contributed by atoms with Gasteiger partial charge in [0.2, 0.25) is 0 Å². The molecule has 5 heteroatoms. The number of carbonyl (C=O) groups excluding carboxylic acids is 1. The third-order valence-electron chi connectivity index (χ3n) is 4.98. The van der Waals surface area contributed by atoms with E-state index in [0.29, 0.717) is 19.1 Å². The van der Waals surface area contributed by atoms with Crippen molar-refractivity contribution in [1.82, 2.24) is 0 Å². The zero-order chi connectivity index (χ0) is 19.9. The fraction of sp³-hybridized carbons (Fsp3) is 0.682. The summed E-state index contributed by atoms with van der Waals surface area (Å²) in [7, 11) is 0. The van der Waals surface area contributed by atoms with Crippen LogP contribution in [0.3, 0.4) is 0 Å². The number of esters is 1. The van der Waals surface area contributed by atoms with Gasteiger partial charge in [0.25, 0.3) is 0 Å². The lowest BCUT2D eigenvalue weighted by atomic mass is 9.98. The molecular formula is C22H33BrO4. The Bertz CT molecular complexity index is 573. The molecule has 0 aromatic heterocycles. The first-order valence-corrected chi connectivity index (χ1v) is 10.8. The molecule has 1 aliphatic heterocycles.